The minimum Gasteiger partial charge on any atom is -0.478 e. The van der Waals surface area contributed by atoms with Crippen LogP contribution in [0.15, 0.2) is 18.3 Å². The molecule has 2 heterocycles. The van der Waals surface area contributed by atoms with Crippen molar-refractivity contribution in [1.29, 1.82) is 0 Å². The Kier molecular flexibility index (Phi) is 4.06. The lowest BCUT2D eigenvalue weighted by molar-refractivity contribution is 0.0578. The van der Waals surface area contributed by atoms with Crippen LogP contribution in [0.1, 0.15) is 54.0 Å². The van der Waals surface area contributed by atoms with E-state index in [1.165, 1.54) is 18.3 Å². The van der Waals surface area contributed by atoms with Crippen molar-refractivity contribution >= 4 is 11.9 Å². The molecule has 5 nitrogen and oxygen atoms in total. The first kappa shape index (κ1) is 14.5. The largest absolute Gasteiger partial charge is 0.478 e. The molecule has 0 spiro atoms. The molecule has 1 N–H and O–H groups in total. The maximum atomic E-state index is 12.4. The summed E-state index contributed by atoms with van der Waals surface area (Å²) in [5, 5.41) is 9.12. The number of piperidine rings is 1. The summed E-state index contributed by atoms with van der Waals surface area (Å²) in [6.45, 7) is 5.73. The third-order valence-corrected chi connectivity index (χ3v) is 4.35. The van der Waals surface area contributed by atoms with Gasteiger partial charge in [-0.15, -0.1) is 0 Å². The van der Waals surface area contributed by atoms with Gasteiger partial charge in [0.2, 0.25) is 0 Å². The lowest BCUT2D eigenvalue weighted by atomic mass is 9.78. The minimum atomic E-state index is -1.11. The van der Waals surface area contributed by atoms with Crippen LogP contribution in [0, 0.1) is 5.41 Å². The fraction of sp³-hybridized carbons (Fsp3) is 0.533. The van der Waals surface area contributed by atoms with Crippen LogP contribution < -0.4 is 0 Å². The molecule has 0 aromatic carbocycles. The molecular weight excluding hydrogens is 256 g/mol. The van der Waals surface area contributed by atoms with Gasteiger partial charge in [-0.1, -0.05) is 20.3 Å². The molecule has 1 aromatic rings. The molecule has 1 aromatic heterocycles. The molecule has 1 saturated heterocycles. The highest BCUT2D eigenvalue weighted by molar-refractivity contribution is 6.03. The predicted octanol–water partition coefficient (Wildman–Crippen LogP) is 2.43. The van der Waals surface area contributed by atoms with Gasteiger partial charge in [-0.05, 0) is 30.4 Å². The van der Waals surface area contributed by atoms with E-state index in [1.54, 1.807) is 4.90 Å². The molecule has 20 heavy (non-hydrogen) atoms. The topological polar surface area (TPSA) is 70.5 Å². The zero-order valence-electron chi connectivity index (χ0n) is 11.9. The lowest BCUT2D eigenvalue weighted by Crippen LogP contribution is -2.42. The molecule has 0 saturated carbocycles. The molecule has 0 radical (unpaired) electrons. The number of rotatable bonds is 3. The molecule has 2 rings (SSSR count). The van der Waals surface area contributed by atoms with Gasteiger partial charge in [0, 0.05) is 19.3 Å². The van der Waals surface area contributed by atoms with Crippen molar-refractivity contribution in [3.63, 3.8) is 0 Å². The molecule has 108 valence electrons. The summed E-state index contributed by atoms with van der Waals surface area (Å²) in [4.78, 5) is 29.2. The lowest BCUT2D eigenvalue weighted by Gasteiger charge is -2.38. The summed E-state index contributed by atoms with van der Waals surface area (Å²) in [6, 6.07) is 2.95. The van der Waals surface area contributed by atoms with Gasteiger partial charge < -0.3 is 10.0 Å². The fourth-order valence-corrected chi connectivity index (χ4v) is 2.50. The summed E-state index contributed by atoms with van der Waals surface area (Å²) in [5.74, 6) is -1.39. The molecule has 1 fully saturated rings. The van der Waals surface area contributed by atoms with Crippen molar-refractivity contribution in [1.82, 2.24) is 9.88 Å². The van der Waals surface area contributed by atoms with E-state index in [1.807, 2.05) is 0 Å². The summed E-state index contributed by atoms with van der Waals surface area (Å²) >= 11 is 0. The molecule has 1 aliphatic heterocycles. The highest BCUT2D eigenvalue weighted by Crippen LogP contribution is 2.34. The standard InChI is InChI=1S/C15H20N2O3/c1-3-15(2)6-9-17(10-7-15)13(18)12-11(14(19)20)5-4-8-16-12/h4-5,8H,3,6-7,9-10H2,1-2H3,(H,19,20). The average Bonchev–Trinajstić information content (AvgIpc) is 2.47. The van der Waals surface area contributed by atoms with Crippen LogP contribution in [0.2, 0.25) is 0 Å². The number of carboxylic acids is 1. The number of hydrogen-bond donors (Lipinski definition) is 1. The van der Waals surface area contributed by atoms with Crippen molar-refractivity contribution in [2.45, 2.75) is 33.1 Å². The van der Waals surface area contributed by atoms with Crippen LogP contribution >= 0.6 is 0 Å². The van der Waals surface area contributed by atoms with Crippen LogP contribution in [0.5, 0.6) is 0 Å². The second kappa shape index (κ2) is 5.61. The maximum Gasteiger partial charge on any atom is 0.338 e. The zero-order valence-corrected chi connectivity index (χ0v) is 11.9. The van der Waals surface area contributed by atoms with E-state index in [2.05, 4.69) is 18.8 Å². The Morgan fingerprint density at radius 3 is 2.60 bits per heavy atom. The second-order valence-electron chi connectivity index (χ2n) is 5.66. The summed E-state index contributed by atoms with van der Waals surface area (Å²) in [5.41, 5.74) is 0.303. The Bertz CT molecular complexity index is 520. The summed E-state index contributed by atoms with van der Waals surface area (Å²) in [7, 11) is 0. The minimum absolute atomic E-state index is 0.0265. The van der Waals surface area contributed by atoms with Gasteiger partial charge in [0.05, 0.1) is 5.56 Å². The molecule has 0 unspecified atom stereocenters. The number of carbonyl (C=O) groups is 2. The molecule has 1 aliphatic rings. The summed E-state index contributed by atoms with van der Waals surface area (Å²) < 4.78 is 0. The molecule has 1 amide bonds. The Hall–Kier alpha value is -1.91. The first-order chi connectivity index (χ1) is 9.47. The molecule has 5 heteroatoms. The van der Waals surface area contributed by atoms with Gasteiger partial charge in [-0.2, -0.15) is 0 Å². The van der Waals surface area contributed by atoms with Crippen molar-refractivity contribution < 1.29 is 14.7 Å². The van der Waals surface area contributed by atoms with E-state index < -0.39 is 5.97 Å². The number of pyridine rings is 1. The van der Waals surface area contributed by atoms with Crippen LogP contribution in [-0.2, 0) is 0 Å². The fourth-order valence-electron chi connectivity index (χ4n) is 2.50. The van der Waals surface area contributed by atoms with E-state index in [0.717, 1.165) is 19.3 Å². The highest BCUT2D eigenvalue weighted by atomic mass is 16.4. The van der Waals surface area contributed by atoms with Crippen molar-refractivity contribution in [3.8, 4) is 0 Å². The monoisotopic (exact) mass is 276 g/mol. The van der Waals surface area contributed by atoms with Crippen LogP contribution in [0.4, 0.5) is 0 Å². The van der Waals surface area contributed by atoms with Gasteiger partial charge >= 0.3 is 5.97 Å². The van der Waals surface area contributed by atoms with E-state index in [4.69, 9.17) is 5.11 Å². The van der Waals surface area contributed by atoms with E-state index in [0.29, 0.717) is 13.1 Å². The molecular formula is C15H20N2O3. The quantitative estimate of drug-likeness (QED) is 0.920. The van der Waals surface area contributed by atoms with Gasteiger partial charge in [0.15, 0.2) is 0 Å². The van der Waals surface area contributed by atoms with E-state index in [-0.39, 0.29) is 22.6 Å². The van der Waals surface area contributed by atoms with Crippen LogP contribution in [-0.4, -0.2) is 40.0 Å². The Labute approximate surface area is 118 Å². The smallest absolute Gasteiger partial charge is 0.338 e. The average molecular weight is 276 g/mol. The van der Waals surface area contributed by atoms with Crippen molar-refractivity contribution in [3.05, 3.63) is 29.6 Å². The predicted molar refractivity (Wildman–Crippen MR) is 74.7 cm³/mol. The number of carboxylic acid groups (broad SMARTS) is 1. The van der Waals surface area contributed by atoms with Crippen molar-refractivity contribution in [2.75, 3.05) is 13.1 Å². The molecule has 0 bridgehead atoms. The summed E-state index contributed by atoms with van der Waals surface area (Å²) in [6.07, 6.45) is 4.45. The third kappa shape index (κ3) is 2.81. The molecule has 0 atom stereocenters. The number of aromatic carboxylic acids is 1. The van der Waals surface area contributed by atoms with Gasteiger partial charge in [0.25, 0.3) is 5.91 Å². The first-order valence-corrected chi connectivity index (χ1v) is 6.94. The number of nitrogens with zero attached hydrogens (tertiary/aromatic N) is 2. The van der Waals surface area contributed by atoms with E-state index >= 15 is 0 Å². The Morgan fingerprint density at radius 2 is 2.05 bits per heavy atom. The number of likely N-dealkylation sites (tertiary alicyclic amines) is 1. The van der Waals surface area contributed by atoms with Gasteiger partial charge in [0.1, 0.15) is 5.69 Å². The third-order valence-electron chi connectivity index (χ3n) is 4.35. The Morgan fingerprint density at radius 1 is 1.40 bits per heavy atom. The SMILES string of the molecule is CCC1(C)CCN(C(=O)c2ncccc2C(=O)O)CC1. The van der Waals surface area contributed by atoms with Crippen LogP contribution in [0.25, 0.3) is 0 Å². The van der Waals surface area contributed by atoms with Crippen molar-refractivity contribution in [2.24, 2.45) is 5.41 Å². The second-order valence-corrected chi connectivity index (χ2v) is 5.66. The Balaban J connectivity index is 2.16. The first-order valence-electron chi connectivity index (χ1n) is 6.94. The normalized spacial score (nSPS) is 17.8. The van der Waals surface area contributed by atoms with Gasteiger partial charge in [-0.3, -0.25) is 9.78 Å². The number of aromatic nitrogens is 1. The zero-order chi connectivity index (χ0) is 14.8. The van der Waals surface area contributed by atoms with Crippen LogP contribution in [0.3, 0.4) is 0 Å². The number of hydrogen-bond acceptors (Lipinski definition) is 3. The maximum absolute atomic E-state index is 12.4. The number of carbonyl (C=O) groups excluding carboxylic acids is 1. The van der Waals surface area contributed by atoms with Gasteiger partial charge in [-0.25, -0.2) is 4.79 Å². The highest BCUT2D eigenvalue weighted by Gasteiger charge is 2.32. The van der Waals surface area contributed by atoms with E-state index in [9.17, 15) is 9.59 Å². The number of amides is 1. The molecule has 0 aliphatic carbocycles.